The Morgan fingerprint density at radius 1 is 0.941 bits per heavy atom. The molecule has 0 aliphatic heterocycles. The van der Waals surface area contributed by atoms with Crippen molar-refractivity contribution in [1.29, 1.82) is 0 Å². The molecule has 2 aromatic carbocycles. The fourth-order valence-corrected chi connectivity index (χ4v) is 1.59. The van der Waals surface area contributed by atoms with Crippen LogP contribution in [0.3, 0.4) is 0 Å². The van der Waals surface area contributed by atoms with Crippen LogP contribution in [0.15, 0.2) is 48.5 Å². The smallest absolute Gasteiger partial charge is 0.387 e. The molecule has 0 aliphatic carbocycles. The predicted octanol–water partition coefficient (Wildman–Crippen LogP) is 3.54. The lowest BCUT2D eigenvalue weighted by Crippen LogP contribution is -2.02. The molecule has 0 amide bonds. The number of nitrogen functional groups attached to an aromatic ring is 1. The van der Waals surface area contributed by atoms with E-state index < -0.39 is 6.61 Å². The standard InChI is InChI=1S/C13H11F2NO/c14-13(15)17-12-7-10(6-11(16)8-12)9-4-2-1-3-5-9/h1-8,13H,16H2. The summed E-state index contributed by atoms with van der Waals surface area (Å²) >= 11 is 0. The summed E-state index contributed by atoms with van der Waals surface area (Å²) in [5.41, 5.74) is 7.69. The fraction of sp³-hybridized carbons (Fsp3) is 0.0769. The summed E-state index contributed by atoms with van der Waals surface area (Å²) in [5, 5.41) is 0. The Bertz CT molecular complexity index is 500. The summed E-state index contributed by atoms with van der Waals surface area (Å²) in [5.74, 6) is 0.0684. The van der Waals surface area contributed by atoms with E-state index in [1.807, 2.05) is 30.3 Å². The van der Waals surface area contributed by atoms with Crippen LogP contribution in [0.2, 0.25) is 0 Å². The molecule has 0 fully saturated rings. The van der Waals surface area contributed by atoms with Crippen LogP contribution < -0.4 is 10.5 Å². The average molecular weight is 235 g/mol. The molecule has 88 valence electrons. The molecule has 0 saturated carbocycles. The van der Waals surface area contributed by atoms with Crippen LogP contribution >= 0.6 is 0 Å². The Morgan fingerprint density at radius 2 is 1.65 bits per heavy atom. The van der Waals surface area contributed by atoms with Gasteiger partial charge in [-0.1, -0.05) is 30.3 Å². The molecule has 2 nitrogen and oxygen atoms in total. The topological polar surface area (TPSA) is 35.2 Å². The summed E-state index contributed by atoms with van der Waals surface area (Å²) in [4.78, 5) is 0. The van der Waals surface area contributed by atoms with Gasteiger partial charge < -0.3 is 10.5 Å². The Labute approximate surface area is 97.6 Å². The minimum atomic E-state index is -2.85. The van der Waals surface area contributed by atoms with E-state index in [1.54, 1.807) is 6.07 Å². The summed E-state index contributed by atoms with van der Waals surface area (Å²) in [6.07, 6.45) is 0. The molecule has 0 bridgehead atoms. The van der Waals surface area contributed by atoms with E-state index in [0.29, 0.717) is 5.69 Å². The van der Waals surface area contributed by atoms with Crippen molar-refractivity contribution >= 4 is 5.69 Å². The summed E-state index contributed by atoms with van der Waals surface area (Å²) in [7, 11) is 0. The second kappa shape index (κ2) is 4.82. The maximum absolute atomic E-state index is 12.1. The fourth-order valence-electron chi connectivity index (χ4n) is 1.59. The Balaban J connectivity index is 2.38. The van der Waals surface area contributed by atoms with Crippen LogP contribution in [0.1, 0.15) is 0 Å². The molecule has 17 heavy (non-hydrogen) atoms. The van der Waals surface area contributed by atoms with Gasteiger partial charge in [0.15, 0.2) is 0 Å². The van der Waals surface area contributed by atoms with Gasteiger partial charge in [0, 0.05) is 11.8 Å². The molecule has 0 heterocycles. The van der Waals surface area contributed by atoms with Gasteiger partial charge in [-0.3, -0.25) is 0 Å². The van der Waals surface area contributed by atoms with Gasteiger partial charge in [-0.15, -0.1) is 0 Å². The normalized spacial score (nSPS) is 10.5. The van der Waals surface area contributed by atoms with E-state index in [9.17, 15) is 8.78 Å². The van der Waals surface area contributed by atoms with Gasteiger partial charge in [-0.2, -0.15) is 8.78 Å². The SMILES string of the molecule is Nc1cc(OC(F)F)cc(-c2ccccc2)c1. The Hall–Kier alpha value is -2.10. The summed E-state index contributed by atoms with van der Waals surface area (Å²) in [6.45, 7) is -2.85. The highest BCUT2D eigenvalue weighted by Crippen LogP contribution is 2.27. The number of alkyl halides is 2. The van der Waals surface area contributed by atoms with Gasteiger partial charge >= 0.3 is 6.61 Å². The van der Waals surface area contributed by atoms with E-state index in [1.165, 1.54) is 12.1 Å². The van der Waals surface area contributed by atoms with Crippen molar-refractivity contribution in [2.45, 2.75) is 6.61 Å². The van der Waals surface area contributed by atoms with Gasteiger partial charge in [0.2, 0.25) is 0 Å². The molecule has 0 radical (unpaired) electrons. The van der Waals surface area contributed by atoms with Crippen molar-refractivity contribution < 1.29 is 13.5 Å². The molecule has 0 unspecified atom stereocenters. The van der Waals surface area contributed by atoms with E-state index in [-0.39, 0.29) is 5.75 Å². The van der Waals surface area contributed by atoms with Gasteiger partial charge in [0.05, 0.1) is 0 Å². The number of rotatable bonds is 3. The maximum Gasteiger partial charge on any atom is 0.387 e. The van der Waals surface area contributed by atoms with Crippen LogP contribution in [0.5, 0.6) is 5.75 Å². The first-order valence-corrected chi connectivity index (χ1v) is 5.06. The third-order valence-electron chi connectivity index (χ3n) is 2.26. The molecule has 0 aliphatic rings. The maximum atomic E-state index is 12.1. The molecule has 4 heteroatoms. The lowest BCUT2D eigenvalue weighted by atomic mass is 10.1. The molecular weight excluding hydrogens is 224 g/mol. The largest absolute Gasteiger partial charge is 0.435 e. The molecule has 0 aromatic heterocycles. The molecule has 0 spiro atoms. The van der Waals surface area contributed by atoms with Crippen molar-refractivity contribution in [2.75, 3.05) is 5.73 Å². The number of hydrogen-bond acceptors (Lipinski definition) is 2. The highest BCUT2D eigenvalue weighted by molar-refractivity contribution is 5.69. The summed E-state index contributed by atoms with van der Waals surface area (Å²) in [6, 6.07) is 14.0. The third-order valence-corrected chi connectivity index (χ3v) is 2.26. The van der Waals surface area contributed by atoms with Crippen molar-refractivity contribution in [3.8, 4) is 16.9 Å². The van der Waals surface area contributed by atoms with Gasteiger partial charge in [0.1, 0.15) is 5.75 Å². The van der Waals surface area contributed by atoms with Crippen LogP contribution in [-0.4, -0.2) is 6.61 Å². The van der Waals surface area contributed by atoms with E-state index in [4.69, 9.17) is 5.73 Å². The Morgan fingerprint density at radius 3 is 2.29 bits per heavy atom. The molecule has 0 saturated heterocycles. The highest BCUT2D eigenvalue weighted by Gasteiger charge is 2.07. The first-order valence-electron chi connectivity index (χ1n) is 5.06. The van der Waals surface area contributed by atoms with E-state index in [0.717, 1.165) is 11.1 Å². The first-order chi connectivity index (χ1) is 8.15. The van der Waals surface area contributed by atoms with E-state index >= 15 is 0 Å². The minimum Gasteiger partial charge on any atom is -0.435 e. The van der Waals surface area contributed by atoms with Gasteiger partial charge in [0.25, 0.3) is 0 Å². The monoisotopic (exact) mass is 235 g/mol. The second-order valence-electron chi connectivity index (χ2n) is 3.54. The van der Waals surface area contributed by atoms with Crippen molar-refractivity contribution in [2.24, 2.45) is 0 Å². The first kappa shape index (κ1) is 11.4. The zero-order valence-corrected chi connectivity index (χ0v) is 8.94. The van der Waals surface area contributed by atoms with Crippen molar-refractivity contribution in [3.63, 3.8) is 0 Å². The van der Waals surface area contributed by atoms with Crippen molar-refractivity contribution in [3.05, 3.63) is 48.5 Å². The van der Waals surface area contributed by atoms with Crippen LogP contribution in [0.4, 0.5) is 14.5 Å². The average Bonchev–Trinajstić information content (AvgIpc) is 2.28. The number of hydrogen-bond donors (Lipinski definition) is 1. The highest BCUT2D eigenvalue weighted by atomic mass is 19.3. The predicted molar refractivity (Wildman–Crippen MR) is 62.9 cm³/mol. The van der Waals surface area contributed by atoms with Crippen LogP contribution in [0.25, 0.3) is 11.1 Å². The number of anilines is 1. The quantitative estimate of drug-likeness (QED) is 0.826. The second-order valence-corrected chi connectivity index (χ2v) is 3.54. The molecule has 2 rings (SSSR count). The van der Waals surface area contributed by atoms with Crippen molar-refractivity contribution in [1.82, 2.24) is 0 Å². The van der Waals surface area contributed by atoms with Crippen LogP contribution in [0, 0.1) is 0 Å². The minimum absolute atomic E-state index is 0.0684. The third kappa shape index (κ3) is 2.93. The Kier molecular flexibility index (Phi) is 3.23. The molecular formula is C13H11F2NO. The van der Waals surface area contributed by atoms with Gasteiger partial charge in [-0.05, 0) is 23.3 Å². The van der Waals surface area contributed by atoms with Gasteiger partial charge in [-0.25, -0.2) is 0 Å². The van der Waals surface area contributed by atoms with Crippen LogP contribution in [-0.2, 0) is 0 Å². The summed E-state index contributed by atoms with van der Waals surface area (Å²) < 4.78 is 28.6. The zero-order valence-electron chi connectivity index (χ0n) is 8.94. The number of benzene rings is 2. The lowest BCUT2D eigenvalue weighted by Gasteiger charge is -2.08. The number of halogens is 2. The lowest BCUT2D eigenvalue weighted by molar-refractivity contribution is -0.0497. The molecule has 0 atom stereocenters. The zero-order chi connectivity index (χ0) is 12.3. The molecule has 2 aromatic rings. The molecule has 2 N–H and O–H groups in total. The number of ether oxygens (including phenoxy) is 1. The van der Waals surface area contributed by atoms with E-state index in [2.05, 4.69) is 4.74 Å². The number of nitrogens with two attached hydrogens (primary N) is 1.